The van der Waals surface area contributed by atoms with E-state index in [9.17, 15) is 24.3 Å². The summed E-state index contributed by atoms with van der Waals surface area (Å²) in [7, 11) is 1.58. The van der Waals surface area contributed by atoms with Crippen LogP contribution in [0.4, 0.5) is 9.59 Å². The summed E-state index contributed by atoms with van der Waals surface area (Å²) in [6.45, 7) is 7.29. The number of hydrazine groups is 1. The molecule has 2 aliphatic rings. The molecule has 2 aromatic carbocycles. The fraction of sp³-hybridized carbons (Fsp3) is 0.462. The minimum atomic E-state index is -1.36. The summed E-state index contributed by atoms with van der Waals surface area (Å²) in [6, 6.07) is 15.2. The van der Waals surface area contributed by atoms with E-state index in [1.165, 1.54) is 9.91 Å². The first-order chi connectivity index (χ1) is 24.8. The van der Waals surface area contributed by atoms with Gasteiger partial charge in [-0.1, -0.05) is 48.9 Å². The van der Waals surface area contributed by atoms with Gasteiger partial charge in [-0.15, -0.1) is 0 Å². The molecule has 2 heterocycles. The number of carboxylic acids is 1. The van der Waals surface area contributed by atoms with Crippen molar-refractivity contribution in [3.63, 3.8) is 0 Å². The largest absolute Gasteiger partial charge is 0.497 e. The highest BCUT2D eigenvalue weighted by atomic mass is 16.6. The van der Waals surface area contributed by atoms with Crippen LogP contribution in [0.2, 0.25) is 0 Å². The number of aromatic nitrogens is 1. The van der Waals surface area contributed by atoms with Gasteiger partial charge in [0.25, 0.3) is 0 Å². The molecule has 0 unspecified atom stereocenters. The number of carboxylic acid groups (broad SMARTS) is 1. The van der Waals surface area contributed by atoms with E-state index in [2.05, 4.69) is 16.8 Å². The summed E-state index contributed by atoms with van der Waals surface area (Å²) >= 11 is 0. The Morgan fingerprint density at radius 2 is 1.81 bits per heavy atom. The zero-order valence-electron chi connectivity index (χ0n) is 30.5. The first-order valence-corrected chi connectivity index (χ1v) is 17.8. The van der Waals surface area contributed by atoms with Gasteiger partial charge in [0.1, 0.15) is 34.8 Å². The molecule has 2 fully saturated rings. The summed E-state index contributed by atoms with van der Waals surface area (Å²) in [5.41, 5.74) is 2.59. The van der Waals surface area contributed by atoms with E-state index in [1.54, 1.807) is 33.9 Å². The number of hydrogen-bond acceptors (Lipinski definition) is 8. The van der Waals surface area contributed by atoms with E-state index in [-0.39, 0.29) is 19.5 Å². The second kappa shape index (κ2) is 16.3. The van der Waals surface area contributed by atoms with Crippen molar-refractivity contribution in [1.29, 1.82) is 0 Å². The fourth-order valence-electron chi connectivity index (χ4n) is 6.16. The predicted molar refractivity (Wildman–Crippen MR) is 196 cm³/mol. The van der Waals surface area contributed by atoms with Crippen molar-refractivity contribution < 1.29 is 38.5 Å². The van der Waals surface area contributed by atoms with Gasteiger partial charge in [0.15, 0.2) is 0 Å². The highest BCUT2D eigenvalue weighted by Crippen LogP contribution is 2.37. The fourth-order valence-corrected chi connectivity index (χ4v) is 6.16. The van der Waals surface area contributed by atoms with Crippen LogP contribution in [0.3, 0.4) is 0 Å². The number of hydrogen-bond donors (Lipinski definition) is 3. The third-order valence-corrected chi connectivity index (χ3v) is 9.02. The summed E-state index contributed by atoms with van der Waals surface area (Å²) < 4.78 is 17.6. The lowest BCUT2D eigenvalue weighted by Gasteiger charge is -2.32. The zero-order chi connectivity index (χ0) is 37.5. The molecular formula is C39H49N5O8. The molecular weight excluding hydrogens is 666 g/mol. The highest BCUT2D eigenvalue weighted by molar-refractivity contribution is 5.94. The lowest BCUT2D eigenvalue weighted by atomic mass is 10.1. The van der Waals surface area contributed by atoms with Gasteiger partial charge in [0.2, 0.25) is 5.91 Å². The van der Waals surface area contributed by atoms with Gasteiger partial charge in [0.05, 0.1) is 24.9 Å². The number of pyridine rings is 1. The van der Waals surface area contributed by atoms with Crippen LogP contribution in [0.1, 0.15) is 72.6 Å². The molecule has 1 saturated carbocycles. The molecule has 4 amide bonds. The zero-order valence-corrected chi connectivity index (χ0v) is 30.5. The Kier molecular flexibility index (Phi) is 11.9. The van der Waals surface area contributed by atoms with Crippen LogP contribution in [0.15, 0.2) is 66.7 Å². The first-order valence-electron chi connectivity index (χ1n) is 17.8. The molecule has 1 aliphatic heterocycles. The number of urea groups is 1. The number of methoxy groups -OCH3 is 1. The van der Waals surface area contributed by atoms with Crippen LogP contribution >= 0.6 is 0 Å². The number of nitrogens with zero attached hydrogens (tertiary/aromatic N) is 3. The number of carbonyl (C=O) groups is 4. The van der Waals surface area contributed by atoms with E-state index in [0.29, 0.717) is 47.4 Å². The summed E-state index contributed by atoms with van der Waals surface area (Å²) in [5, 5.41) is 14.4. The SMILES string of the molecule is C/C=C\CCCCCN(NC(=O)OC(C)(C)C)C(=O)N1C[C@H](Oc2cc(-c3ccccc3)nc3cc(OC)ccc23)C[C@H]1C(=O)NC1(C(=O)O)CC1. The van der Waals surface area contributed by atoms with Crippen molar-refractivity contribution in [3.05, 3.63) is 66.7 Å². The number of rotatable bonds is 13. The van der Waals surface area contributed by atoms with Gasteiger partial charge in [-0.3, -0.25) is 4.79 Å². The second-order valence-electron chi connectivity index (χ2n) is 14.2. The topological polar surface area (TPSA) is 160 Å². The maximum absolute atomic E-state index is 14.4. The number of unbranched alkanes of at least 4 members (excludes halogenated alkanes) is 3. The van der Waals surface area contributed by atoms with E-state index in [4.69, 9.17) is 19.2 Å². The van der Waals surface area contributed by atoms with Gasteiger partial charge < -0.3 is 29.5 Å². The molecule has 2 atom stereocenters. The molecule has 0 bridgehead atoms. The van der Waals surface area contributed by atoms with Crippen molar-refractivity contribution in [3.8, 4) is 22.8 Å². The van der Waals surface area contributed by atoms with Crippen LogP contribution < -0.4 is 20.2 Å². The molecule has 3 N–H and O–H groups in total. The molecule has 5 rings (SSSR count). The molecule has 1 saturated heterocycles. The molecule has 0 radical (unpaired) electrons. The molecule has 13 heteroatoms. The number of amides is 4. The number of fused-ring (bicyclic) bond motifs is 1. The van der Waals surface area contributed by atoms with Crippen molar-refractivity contribution >= 4 is 34.9 Å². The average Bonchev–Trinajstić information content (AvgIpc) is 3.78. The molecule has 278 valence electrons. The Hall–Kier alpha value is -5.33. The van der Waals surface area contributed by atoms with Crippen molar-refractivity contribution in [2.24, 2.45) is 0 Å². The van der Waals surface area contributed by atoms with Crippen molar-refractivity contribution in [1.82, 2.24) is 25.6 Å². The quantitative estimate of drug-likeness (QED) is 0.103. The first kappa shape index (κ1) is 37.9. The Balaban J connectivity index is 1.45. The Morgan fingerprint density at radius 1 is 1.06 bits per heavy atom. The Bertz CT molecular complexity index is 1790. The van der Waals surface area contributed by atoms with E-state index >= 15 is 0 Å². The number of likely N-dealkylation sites (tertiary alicyclic amines) is 1. The second-order valence-corrected chi connectivity index (χ2v) is 14.2. The lowest BCUT2D eigenvalue weighted by molar-refractivity contribution is -0.143. The van der Waals surface area contributed by atoms with Crippen molar-refractivity contribution in [2.45, 2.75) is 95.9 Å². The van der Waals surface area contributed by atoms with E-state index in [1.807, 2.05) is 61.5 Å². The van der Waals surface area contributed by atoms with Crippen LogP contribution in [0, 0.1) is 0 Å². The molecule has 13 nitrogen and oxygen atoms in total. The number of allylic oxidation sites excluding steroid dienone is 2. The van der Waals surface area contributed by atoms with Crippen LogP contribution in [0.5, 0.6) is 11.5 Å². The number of aliphatic carboxylic acids is 1. The van der Waals surface area contributed by atoms with E-state index in [0.717, 1.165) is 24.8 Å². The van der Waals surface area contributed by atoms with Gasteiger partial charge in [-0.2, -0.15) is 0 Å². The maximum atomic E-state index is 14.4. The molecule has 1 aliphatic carbocycles. The normalized spacial score (nSPS) is 17.8. The highest BCUT2D eigenvalue weighted by Gasteiger charge is 2.54. The summed E-state index contributed by atoms with van der Waals surface area (Å²) in [6.07, 6.45) is 6.43. The minimum Gasteiger partial charge on any atom is -0.497 e. The lowest BCUT2D eigenvalue weighted by Crippen LogP contribution is -2.58. The Labute approximate surface area is 304 Å². The Morgan fingerprint density at radius 3 is 2.46 bits per heavy atom. The number of benzene rings is 2. The minimum absolute atomic E-state index is 0.00851. The van der Waals surface area contributed by atoms with Gasteiger partial charge >= 0.3 is 18.1 Å². The molecule has 3 aromatic rings. The van der Waals surface area contributed by atoms with Crippen LogP contribution in [-0.4, -0.2) is 87.5 Å². The third kappa shape index (κ3) is 9.51. The molecule has 1 aromatic heterocycles. The average molecular weight is 716 g/mol. The van der Waals surface area contributed by atoms with Crippen LogP contribution in [-0.2, 0) is 14.3 Å². The summed E-state index contributed by atoms with van der Waals surface area (Å²) in [4.78, 5) is 59.4. The third-order valence-electron chi connectivity index (χ3n) is 9.02. The molecule has 52 heavy (non-hydrogen) atoms. The molecule has 0 spiro atoms. The smallest absolute Gasteiger partial charge is 0.426 e. The van der Waals surface area contributed by atoms with Crippen LogP contribution in [0.25, 0.3) is 22.2 Å². The number of carbonyl (C=O) groups excluding carboxylic acids is 3. The summed E-state index contributed by atoms with van der Waals surface area (Å²) in [5.74, 6) is -0.601. The van der Waals surface area contributed by atoms with Crippen molar-refractivity contribution in [2.75, 3.05) is 20.2 Å². The number of nitrogens with one attached hydrogen (secondary N) is 2. The monoisotopic (exact) mass is 715 g/mol. The van der Waals surface area contributed by atoms with E-state index < -0.39 is 47.3 Å². The van der Waals surface area contributed by atoms with Gasteiger partial charge in [-0.25, -0.2) is 29.8 Å². The standard InChI is InChI=1S/C39H49N5O8/c1-6-7-8-9-10-14-21-44(42-36(48)52-38(2,3)4)37(49)43-25-28(23-32(43)34(45)41-39(19-20-39)35(46)47)51-33-24-30(26-15-12-11-13-16-26)40-31-22-27(50-5)17-18-29(31)33/h6-7,11-13,15-18,22,24,28,32H,8-10,14,19-21,23,25H2,1-5H3,(H,41,45)(H,42,48)(H,46,47)/b7-6-/t28-,32+/m1/s1. The van der Waals surface area contributed by atoms with Gasteiger partial charge in [-0.05, 0) is 71.9 Å². The predicted octanol–water partition coefficient (Wildman–Crippen LogP) is 6.46. The number of ether oxygens (including phenoxy) is 3. The van der Waals surface area contributed by atoms with Gasteiger partial charge in [0, 0.05) is 36.0 Å². The maximum Gasteiger partial charge on any atom is 0.426 e.